The van der Waals surface area contributed by atoms with Crippen LogP contribution in [-0.2, 0) is 0 Å². The van der Waals surface area contributed by atoms with Crippen molar-refractivity contribution in [3.05, 3.63) is 41.4 Å². The van der Waals surface area contributed by atoms with Crippen LogP contribution in [-0.4, -0.2) is 6.18 Å². The minimum absolute atomic E-state index is 0.121. The standard InChI is InChI=1S/C13H16F3/c1-9(12(2,3)4)10-6-5-7-11(8-10)13(14,15)16/h5-8H,1-4H3/q+1/b10-9-. The van der Waals surface area contributed by atoms with Crippen molar-refractivity contribution < 1.29 is 13.2 Å². The molecule has 0 amide bonds. The van der Waals surface area contributed by atoms with Crippen LogP contribution in [0.4, 0.5) is 13.2 Å². The summed E-state index contributed by atoms with van der Waals surface area (Å²) in [6, 6.07) is 0. The summed E-state index contributed by atoms with van der Waals surface area (Å²) < 4.78 is 37.6. The smallest absolute Gasteiger partial charge is 0.164 e. The van der Waals surface area contributed by atoms with Crippen molar-refractivity contribution in [3.63, 3.8) is 0 Å². The molecule has 0 atom stereocenters. The van der Waals surface area contributed by atoms with E-state index in [2.05, 4.69) is 0 Å². The van der Waals surface area contributed by atoms with Gasteiger partial charge in [0.2, 0.25) is 0 Å². The zero-order valence-electron chi connectivity index (χ0n) is 9.94. The van der Waals surface area contributed by atoms with Crippen LogP contribution in [0.2, 0.25) is 0 Å². The van der Waals surface area contributed by atoms with Crippen molar-refractivity contribution in [2.75, 3.05) is 0 Å². The lowest BCUT2D eigenvalue weighted by atomic mass is 9.82. The topological polar surface area (TPSA) is 0 Å². The molecule has 16 heavy (non-hydrogen) atoms. The maximum Gasteiger partial charge on any atom is 0.434 e. The first kappa shape index (κ1) is 12.9. The van der Waals surface area contributed by atoms with Crippen LogP contribution in [0.5, 0.6) is 0 Å². The molecular formula is C13H16F3+. The average molecular weight is 229 g/mol. The van der Waals surface area contributed by atoms with Gasteiger partial charge < -0.3 is 0 Å². The maximum atomic E-state index is 12.5. The molecule has 0 heterocycles. The predicted octanol–water partition coefficient (Wildman–Crippen LogP) is 4.61. The SMILES string of the molecule is C/C(=C1/C=C(C(F)(F)F)C=C[CH+]1)C(C)(C)C. The van der Waals surface area contributed by atoms with Gasteiger partial charge >= 0.3 is 6.18 Å². The largest absolute Gasteiger partial charge is 0.434 e. The average Bonchev–Trinajstić information content (AvgIpc) is 2.14. The Balaban J connectivity index is 3.14. The quantitative estimate of drug-likeness (QED) is 0.532. The fraction of sp³-hybridized carbons (Fsp3) is 0.462. The second-order valence-corrected chi connectivity index (χ2v) is 4.95. The lowest BCUT2D eigenvalue weighted by molar-refractivity contribution is -0.0883. The molecule has 0 aliphatic heterocycles. The molecule has 0 saturated carbocycles. The summed E-state index contributed by atoms with van der Waals surface area (Å²) in [5.74, 6) is 0. The third kappa shape index (κ3) is 2.94. The van der Waals surface area contributed by atoms with E-state index in [1.165, 1.54) is 12.2 Å². The van der Waals surface area contributed by atoms with E-state index in [0.717, 1.165) is 11.6 Å². The van der Waals surface area contributed by atoms with E-state index >= 15 is 0 Å². The molecule has 88 valence electrons. The van der Waals surface area contributed by atoms with Gasteiger partial charge in [-0.2, -0.15) is 13.2 Å². The Hall–Kier alpha value is -1.12. The molecule has 0 radical (unpaired) electrons. The second kappa shape index (κ2) is 4.04. The lowest BCUT2D eigenvalue weighted by Crippen LogP contribution is -2.14. The fourth-order valence-electron chi connectivity index (χ4n) is 1.36. The first-order chi connectivity index (χ1) is 7.12. The maximum absolute atomic E-state index is 12.5. The van der Waals surface area contributed by atoms with Gasteiger partial charge in [-0.25, -0.2) is 0 Å². The van der Waals surface area contributed by atoms with E-state index in [0.29, 0.717) is 5.57 Å². The zero-order valence-corrected chi connectivity index (χ0v) is 9.94. The number of alkyl halides is 3. The summed E-state index contributed by atoms with van der Waals surface area (Å²) in [4.78, 5) is 0. The molecule has 0 aromatic heterocycles. The Labute approximate surface area is 94.5 Å². The molecule has 0 unspecified atom stereocenters. The van der Waals surface area contributed by atoms with E-state index in [-0.39, 0.29) is 5.41 Å². The van der Waals surface area contributed by atoms with Crippen LogP contribution in [0.25, 0.3) is 0 Å². The van der Waals surface area contributed by atoms with Gasteiger partial charge in [-0.1, -0.05) is 0 Å². The molecule has 0 fully saturated rings. The van der Waals surface area contributed by atoms with Gasteiger partial charge in [0, 0.05) is 35.6 Å². The van der Waals surface area contributed by atoms with Gasteiger partial charge in [-0.3, -0.25) is 0 Å². The van der Waals surface area contributed by atoms with Gasteiger partial charge in [0.05, 0.1) is 5.57 Å². The van der Waals surface area contributed by atoms with Gasteiger partial charge in [-0.05, 0) is 27.7 Å². The summed E-state index contributed by atoms with van der Waals surface area (Å²) in [6.07, 6.45) is 1.21. The van der Waals surface area contributed by atoms with Crippen LogP contribution >= 0.6 is 0 Å². The molecule has 0 spiro atoms. The van der Waals surface area contributed by atoms with Crippen molar-refractivity contribution in [1.82, 2.24) is 0 Å². The summed E-state index contributed by atoms with van der Waals surface area (Å²) in [5, 5.41) is 0. The van der Waals surface area contributed by atoms with E-state index in [9.17, 15) is 13.2 Å². The van der Waals surface area contributed by atoms with Gasteiger partial charge in [0.1, 0.15) is 5.57 Å². The Morgan fingerprint density at radius 3 is 2.19 bits per heavy atom. The molecule has 0 nitrogen and oxygen atoms in total. The molecule has 1 aliphatic rings. The molecule has 0 aromatic rings. The lowest BCUT2D eigenvalue weighted by Gasteiger charge is -2.19. The van der Waals surface area contributed by atoms with E-state index in [1.807, 2.05) is 27.7 Å². The minimum atomic E-state index is -4.27. The summed E-state index contributed by atoms with van der Waals surface area (Å²) in [7, 11) is 0. The van der Waals surface area contributed by atoms with Crippen LogP contribution in [0, 0.1) is 11.8 Å². The number of hydrogen-bond donors (Lipinski definition) is 0. The van der Waals surface area contributed by atoms with Crippen molar-refractivity contribution >= 4 is 0 Å². The van der Waals surface area contributed by atoms with Crippen LogP contribution in [0.1, 0.15) is 27.7 Å². The minimum Gasteiger partial charge on any atom is -0.164 e. The highest BCUT2D eigenvalue weighted by Crippen LogP contribution is 2.35. The Kier molecular flexibility index (Phi) is 3.27. The summed E-state index contributed by atoms with van der Waals surface area (Å²) >= 11 is 0. The van der Waals surface area contributed by atoms with Crippen molar-refractivity contribution in [2.45, 2.75) is 33.9 Å². The van der Waals surface area contributed by atoms with E-state index in [4.69, 9.17) is 0 Å². The van der Waals surface area contributed by atoms with E-state index in [1.54, 1.807) is 6.42 Å². The monoisotopic (exact) mass is 229 g/mol. The molecule has 1 aliphatic carbocycles. The molecule has 0 bridgehead atoms. The Morgan fingerprint density at radius 1 is 1.19 bits per heavy atom. The summed E-state index contributed by atoms with van der Waals surface area (Å²) in [6.45, 7) is 7.84. The number of hydrogen-bond acceptors (Lipinski definition) is 0. The zero-order chi connectivity index (χ0) is 12.6. The first-order valence-electron chi connectivity index (χ1n) is 5.14. The molecule has 0 aromatic carbocycles. The number of allylic oxidation sites excluding steroid dienone is 6. The molecule has 1 rings (SSSR count). The van der Waals surface area contributed by atoms with Crippen molar-refractivity contribution in [1.29, 1.82) is 0 Å². The van der Waals surface area contributed by atoms with Crippen LogP contribution < -0.4 is 0 Å². The Morgan fingerprint density at radius 2 is 1.75 bits per heavy atom. The molecule has 3 heteroatoms. The van der Waals surface area contributed by atoms with Gasteiger partial charge in [-0.15, -0.1) is 0 Å². The molecule has 0 saturated heterocycles. The summed E-state index contributed by atoms with van der Waals surface area (Å²) in [5.41, 5.74) is 0.902. The van der Waals surface area contributed by atoms with Crippen molar-refractivity contribution in [3.8, 4) is 0 Å². The van der Waals surface area contributed by atoms with Crippen molar-refractivity contribution in [2.24, 2.45) is 5.41 Å². The highest BCUT2D eigenvalue weighted by Gasteiger charge is 2.37. The van der Waals surface area contributed by atoms with E-state index < -0.39 is 11.7 Å². The molecule has 0 N–H and O–H groups in total. The van der Waals surface area contributed by atoms with Gasteiger partial charge in [0.15, 0.2) is 0 Å². The first-order valence-corrected chi connectivity index (χ1v) is 5.14. The Bertz CT molecular complexity index is 348. The van der Waals surface area contributed by atoms with Crippen LogP contribution in [0.15, 0.2) is 34.9 Å². The normalized spacial score (nSPS) is 20.3. The van der Waals surface area contributed by atoms with Crippen LogP contribution in [0.3, 0.4) is 0 Å². The second-order valence-electron chi connectivity index (χ2n) is 4.95. The highest BCUT2D eigenvalue weighted by atomic mass is 19.4. The predicted molar refractivity (Wildman–Crippen MR) is 59.7 cm³/mol. The number of rotatable bonds is 0. The highest BCUT2D eigenvalue weighted by molar-refractivity contribution is 5.48. The third-order valence-corrected chi connectivity index (χ3v) is 2.75. The molecular weight excluding hydrogens is 213 g/mol. The number of halogens is 3. The van der Waals surface area contributed by atoms with Gasteiger partial charge in [0.25, 0.3) is 0 Å². The third-order valence-electron chi connectivity index (χ3n) is 2.75. The fourth-order valence-corrected chi connectivity index (χ4v) is 1.36.